The van der Waals surface area contributed by atoms with E-state index in [1.165, 1.54) is 12.1 Å². The molecule has 23 heavy (non-hydrogen) atoms. The Hall–Kier alpha value is -1.42. The van der Waals surface area contributed by atoms with E-state index >= 15 is 0 Å². The van der Waals surface area contributed by atoms with Crippen molar-refractivity contribution >= 4 is 9.84 Å². The van der Waals surface area contributed by atoms with E-state index in [4.69, 9.17) is 5.26 Å². The second-order valence-corrected chi connectivity index (χ2v) is 9.08. The van der Waals surface area contributed by atoms with Gasteiger partial charge in [-0.15, -0.1) is 0 Å². The third-order valence-corrected chi connectivity index (χ3v) is 4.49. The number of benzene rings is 1. The monoisotopic (exact) mass is 338 g/mol. The van der Waals surface area contributed by atoms with Gasteiger partial charge in [0.2, 0.25) is 0 Å². The number of hydrogen-bond donors (Lipinski definition) is 1. The van der Waals surface area contributed by atoms with E-state index in [2.05, 4.69) is 31.7 Å². The summed E-state index contributed by atoms with van der Waals surface area (Å²) in [5, 5.41) is 19.2. The normalized spacial score (nSPS) is 13.8. The number of aliphatic hydroxyl groups is 1. The maximum absolute atomic E-state index is 11.5. The molecule has 128 valence electrons. The first-order valence-corrected chi connectivity index (χ1v) is 9.49. The van der Waals surface area contributed by atoms with Crippen LogP contribution in [0.3, 0.4) is 0 Å². The zero-order valence-electron chi connectivity index (χ0n) is 14.3. The van der Waals surface area contributed by atoms with Crippen LogP contribution in [-0.2, 0) is 9.84 Å². The highest BCUT2D eigenvalue weighted by Crippen LogP contribution is 2.21. The van der Waals surface area contributed by atoms with Crippen molar-refractivity contribution in [2.45, 2.75) is 38.2 Å². The van der Waals surface area contributed by atoms with Crippen molar-refractivity contribution in [1.29, 1.82) is 5.26 Å². The van der Waals surface area contributed by atoms with Gasteiger partial charge in [0.05, 0.1) is 17.1 Å². The molecule has 6 heteroatoms. The van der Waals surface area contributed by atoms with Gasteiger partial charge in [0.25, 0.3) is 0 Å². The highest BCUT2D eigenvalue weighted by molar-refractivity contribution is 7.90. The molecule has 1 unspecified atom stereocenters. The van der Waals surface area contributed by atoms with Crippen LogP contribution < -0.4 is 0 Å². The Morgan fingerprint density at radius 2 is 1.83 bits per heavy atom. The summed E-state index contributed by atoms with van der Waals surface area (Å²) in [6.07, 6.45) is 0.853. The second-order valence-electron chi connectivity index (χ2n) is 7.06. The predicted octanol–water partition coefficient (Wildman–Crippen LogP) is 2.39. The van der Waals surface area contributed by atoms with Crippen molar-refractivity contribution in [1.82, 2.24) is 4.90 Å². The van der Waals surface area contributed by atoms with E-state index in [9.17, 15) is 13.5 Å². The molecule has 5 nitrogen and oxygen atoms in total. The van der Waals surface area contributed by atoms with Gasteiger partial charge in [0.15, 0.2) is 9.84 Å². The van der Waals surface area contributed by atoms with Crippen LogP contribution in [0.15, 0.2) is 29.2 Å². The summed E-state index contributed by atoms with van der Waals surface area (Å²) in [4.78, 5) is 2.31. The van der Waals surface area contributed by atoms with Gasteiger partial charge < -0.3 is 5.11 Å². The van der Waals surface area contributed by atoms with Crippen molar-refractivity contribution in [3.05, 3.63) is 29.8 Å². The van der Waals surface area contributed by atoms with Crippen LogP contribution in [-0.4, -0.2) is 44.3 Å². The minimum absolute atomic E-state index is 0.0648. The number of aliphatic hydroxyl groups excluding tert-OH is 1. The van der Waals surface area contributed by atoms with Gasteiger partial charge in [-0.05, 0) is 23.1 Å². The first-order chi connectivity index (χ1) is 10.5. The Bertz CT molecular complexity index is 640. The lowest BCUT2D eigenvalue weighted by atomic mass is 9.95. The Labute approximate surface area is 139 Å². The zero-order chi connectivity index (χ0) is 17.7. The number of hydrogen-bond acceptors (Lipinski definition) is 5. The summed E-state index contributed by atoms with van der Waals surface area (Å²) < 4.78 is 22.9. The van der Waals surface area contributed by atoms with Gasteiger partial charge in [-0.25, -0.2) is 8.42 Å². The van der Waals surface area contributed by atoms with Crippen LogP contribution in [0.2, 0.25) is 0 Å². The Balaban J connectivity index is 2.81. The fourth-order valence-corrected chi connectivity index (χ4v) is 3.03. The van der Waals surface area contributed by atoms with Gasteiger partial charge in [0.1, 0.15) is 0 Å². The summed E-state index contributed by atoms with van der Waals surface area (Å²) in [6, 6.07) is 8.43. The van der Waals surface area contributed by atoms with Crippen LogP contribution in [0.25, 0.3) is 0 Å². The SMILES string of the molecule is CC(C)(C)CN(CCC#N)CC(O)c1ccc(S(C)(=O)=O)cc1. The first-order valence-electron chi connectivity index (χ1n) is 7.60. The quantitative estimate of drug-likeness (QED) is 0.825. The standard InChI is InChI=1S/C17H26N2O3S/c1-17(2,3)13-19(11-5-10-18)12-16(20)14-6-8-15(9-7-14)23(4,21)22/h6-9,16,20H,5,11-13H2,1-4H3. The topological polar surface area (TPSA) is 81.4 Å². The molecule has 0 aromatic heterocycles. The van der Waals surface area contributed by atoms with Gasteiger partial charge in [-0.1, -0.05) is 32.9 Å². The fourth-order valence-electron chi connectivity index (χ4n) is 2.40. The summed E-state index contributed by atoms with van der Waals surface area (Å²) in [7, 11) is -3.23. The minimum Gasteiger partial charge on any atom is -0.387 e. The van der Waals surface area contributed by atoms with Crippen LogP contribution in [0.4, 0.5) is 0 Å². The molecule has 1 N–H and O–H groups in total. The Morgan fingerprint density at radius 1 is 1.26 bits per heavy atom. The van der Waals surface area contributed by atoms with E-state index in [1.54, 1.807) is 12.1 Å². The zero-order valence-corrected chi connectivity index (χ0v) is 15.1. The molecule has 0 spiro atoms. The Morgan fingerprint density at radius 3 is 2.26 bits per heavy atom. The van der Waals surface area contributed by atoms with Crippen molar-refractivity contribution in [2.75, 3.05) is 25.9 Å². The van der Waals surface area contributed by atoms with Crippen LogP contribution >= 0.6 is 0 Å². The highest BCUT2D eigenvalue weighted by atomic mass is 32.2. The molecule has 0 amide bonds. The van der Waals surface area contributed by atoms with E-state index in [-0.39, 0.29) is 10.3 Å². The molecule has 0 aliphatic rings. The predicted molar refractivity (Wildman–Crippen MR) is 90.6 cm³/mol. The third kappa shape index (κ3) is 7.12. The number of nitrogens with zero attached hydrogens (tertiary/aromatic N) is 2. The van der Waals surface area contributed by atoms with Crippen LogP contribution in [0, 0.1) is 16.7 Å². The summed E-state index contributed by atoms with van der Waals surface area (Å²) in [5.41, 5.74) is 0.739. The maximum Gasteiger partial charge on any atom is 0.175 e. The largest absolute Gasteiger partial charge is 0.387 e. The molecule has 0 bridgehead atoms. The van der Waals surface area contributed by atoms with Gasteiger partial charge in [-0.2, -0.15) is 5.26 Å². The molecule has 0 radical (unpaired) electrons. The van der Waals surface area contributed by atoms with Gasteiger partial charge in [0, 0.05) is 32.3 Å². The van der Waals surface area contributed by atoms with E-state index in [0.29, 0.717) is 25.1 Å². The first kappa shape index (κ1) is 19.6. The van der Waals surface area contributed by atoms with Crippen LogP contribution in [0.1, 0.15) is 38.9 Å². The molecule has 1 rings (SSSR count). The average Bonchev–Trinajstić information content (AvgIpc) is 2.42. The lowest BCUT2D eigenvalue weighted by molar-refractivity contribution is 0.0932. The van der Waals surface area contributed by atoms with Crippen molar-refractivity contribution in [2.24, 2.45) is 5.41 Å². The third-order valence-electron chi connectivity index (χ3n) is 3.36. The lowest BCUT2D eigenvalue weighted by Gasteiger charge is -2.31. The fraction of sp³-hybridized carbons (Fsp3) is 0.588. The lowest BCUT2D eigenvalue weighted by Crippen LogP contribution is -2.36. The summed E-state index contributed by atoms with van der Waals surface area (Å²) in [5.74, 6) is 0. The summed E-state index contributed by atoms with van der Waals surface area (Å²) in [6.45, 7) is 8.12. The highest BCUT2D eigenvalue weighted by Gasteiger charge is 2.20. The molecule has 0 aliphatic carbocycles. The van der Waals surface area contributed by atoms with E-state index in [0.717, 1.165) is 12.8 Å². The number of nitriles is 1. The number of rotatable bonds is 7. The minimum atomic E-state index is -3.23. The van der Waals surface area contributed by atoms with E-state index < -0.39 is 15.9 Å². The maximum atomic E-state index is 11.5. The smallest absolute Gasteiger partial charge is 0.175 e. The van der Waals surface area contributed by atoms with Crippen molar-refractivity contribution in [3.63, 3.8) is 0 Å². The second kappa shape index (κ2) is 7.91. The molecule has 1 aromatic rings. The average molecular weight is 338 g/mol. The molecule has 0 heterocycles. The molecule has 1 aromatic carbocycles. The molecule has 1 atom stereocenters. The Kier molecular flexibility index (Phi) is 6.75. The molecule has 0 saturated carbocycles. The molecule has 0 fully saturated rings. The van der Waals surface area contributed by atoms with E-state index in [1.807, 2.05) is 0 Å². The van der Waals surface area contributed by atoms with Gasteiger partial charge >= 0.3 is 0 Å². The molecule has 0 aliphatic heterocycles. The van der Waals surface area contributed by atoms with Crippen LogP contribution in [0.5, 0.6) is 0 Å². The van der Waals surface area contributed by atoms with Crippen molar-refractivity contribution in [3.8, 4) is 6.07 Å². The molecule has 0 saturated heterocycles. The molecular weight excluding hydrogens is 312 g/mol. The summed E-state index contributed by atoms with van der Waals surface area (Å²) >= 11 is 0. The molecular formula is C17H26N2O3S. The van der Waals surface area contributed by atoms with Gasteiger partial charge in [-0.3, -0.25) is 4.90 Å². The van der Waals surface area contributed by atoms with Crippen molar-refractivity contribution < 1.29 is 13.5 Å². The number of sulfone groups is 1.